The third kappa shape index (κ3) is 1.65. The number of imide groups is 1. The SMILES string of the molecule is CC12CCC(C)(O1)[C@H]1C(=O)N(C3=CS(=O)(=O)c4ccccc43)C(=O)[C@H]12. The second kappa shape index (κ2) is 4.22. The van der Waals surface area contributed by atoms with Gasteiger partial charge in [0, 0.05) is 5.56 Å². The highest BCUT2D eigenvalue weighted by Crippen LogP contribution is 2.61. The number of likely N-dealkylation sites (tertiary alicyclic amines) is 1. The first-order valence-electron chi connectivity index (χ1n) is 8.32. The monoisotopic (exact) mass is 359 g/mol. The molecule has 0 radical (unpaired) electrons. The van der Waals surface area contributed by atoms with E-state index >= 15 is 0 Å². The van der Waals surface area contributed by atoms with Crippen LogP contribution >= 0.6 is 0 Å². The van der Waals surface area contributed by atoms with E-state index in [1.807, 2.05) is 13.8 Å². The third-order valence-corrected chi connectivity index (χ3v) is 7.69. The summed E-state index contributed by atoms with van der Waals surface area (Å²) in [5, 5.41) is 1.04. The van der Waals surface area contributed by atoms with E-state index in [1.165, 1.54) is 6.07 Å². The van der Waals surface area contributed by atoms with Gasteiger partial charge in [-0.15, -0.1) is 0 Å². The van der Waals surface area contributed by atoms with Crippen molar-refractivity contribution in [2.75, 3.05) is 0 Å². The van der Waals surface area contributed by atoms with E-state index in [9.17, 15) is 18.0 Å². The zero-order valence-corrected chi connectivity index (χ0v) is 14.7. The minimum Gasteiger partial charge on any atom is -0.367 e. The van der Waals surface area contributed by atoms with Crippen molar-refractivity contribution in [2.45, 2.75) is 42.8 Å². The largest absolute Gasteiger partial charge is 0.367 e. The Balaban J connectivity index is 1.67. The highest BCUT2D eigenvalue weighted by Gasteiger charge is 2.72. The summed E-state index contributed by atoms with van der Waals surface area (Å²) in [6.07, 6.45) is 1.46. The first kappa shape index (κ1) is 15.3. The van der Waals surface area contributed by atoms with E-state index in [-0.39, 0.29) is 22.4 Å². The lowest BCUT2D eigenvalue weighted by Crippen LogP contribution is -2.40. The first-order valence-corrected chi connectivity index (χ1v) is 9.87. The number of benzene rings is 1. The van der Waals surface area contributed by atoms with Crippen molar-refractivity contribution < 1.29 is 22.7 Å². The molecular formula is C18H17NO5S. The number of ether oxygens (including phenoxy) is 1. The summed E-state index contributed by atoms with van der Waals surface area (Å²) in [7, 11) is -3.64. The number of sulfone groups is 1. The Bertz CT molecular complexity index is 962. The molecule has 4 heterocycles. The van der Waals surface area contributed by atoms with Crippen LogP contribution in [0.1, 0.15) is 32.3 Å². The molecule has 4 aliphatic heterocycles. The van der Waals surface area contributed by atoms with Crippen LogP contribution in [-0.4, -0.2) is 36.3 Å². The molecule has 0 aromatic heterocycles. The number of nitrogens with zero attached hydrogens (tertiary/aromatic N) is 1. The molecule has 0 aliphatic carbocycles. The fourth-order valence-corrected chi connectivity index (χ4v) is 6.48. The van der Waals surface area contributed by atoms with E-state index in [2.05, 4.69) is 0 Å². The van der Waals surface area contributed by atoms with Crippen molar-refractivity contribution >= 4 is 27.3 Å². The molecule has 25 heavy (non-hydrogen) atoms. The number of carbonyl (C=O) groups excluding carboxylic acids is 2. The molecule has 6 nitrogen and oxygen atoms in total. The van der Waals surface area contributed by atoms with E-state index in [0.717, 1.165) is 23.1 Å². The molecule has 3 saturated heterocycles. The number of hydrogen-bond donors (Lipinski definition) is 0. The summed E-state index contributed by atoms with van der Waals surface area (Å²) < 4.78 is 30.9. The Labute approximate surface area is 145 Å². The van der Waals surface area contributed by atoms with Gasteiger partial charge in [0.1, 0.15) is 0 Å². The Morgan fingerprint density at radius 3 is 2.20 bits per heavy atom. The van der Waals surface area contributed by atoms with Gasteiger partial charge in [0.15, 0.2) is 0 Å². The zero-order valence-electron chi connectivity index (χ0n) is 13.9. The molecule has 5 rings (SSSR count). The van der Waals surface area contributed by atoms with Gasteiger partial charge in [-0.2, -0.15) is 0 Å². The van der Waals surface area contributed by atoms with Gasteiger partial charge in [0.25, 0.3) is 0 Å². The molecular weight excluding hydrogens is 342 g/mol. The maximum atomic E-state index is 13.1. The van der Waals surface area contributed by atoms with Crippen LogP contribution in [0, 0.1) is 11.8 Å². The van der Waals surface area contributed by atoms with Gasteiger partial charge < -0.3 is 4.74 Å². The minimum absolute atomic E-state index is 0.138. The van der Waals surface area contributed by atoms with Gasteiger partial charge in [0.05, 0.1) is 39.0 Å². The van der Waals surface area contributed by atoms with E-state index < -0.39 is 32.9 Å². The predicted molar refractivity (Wildman–Crippen MR) is 87.6 cm³/mol. The van der Waals surface area contributed by atoms with Gasteiger partial charge in [-0.05, 0) is 32.8 Å². The summed E-state index contributed by atoms with van der Waals surface area (Å²) >= 11 is 0. The van der Waals surface area contributed by atoms with Crippen LogP contribution in [0.15, 0.2) is 34.6 Å². The Kier molecular flexibility index (Phi) is 2.58. The van der Waals surface area contributed by atoms with E-state index in [4.69, 9.17) is 4.74 Å². The Morgan fingerprint density at radius 2 is 1.60 bits per heavy atom. The van der Waals surface area contributed by atoms with Crippen molar-refractivity contribution in [3.05, 3.63) is 35.2 Å². The maximum absolute atomic E-state index is 13.1. The lowest BCUT2D eigenvalue weighted by Gasteiger charge is -2.27. The van der Waals surface area contributed by atoms with Gasteiger partial charge in [-0.3, -0.25) is 9.59 Å². The molecule has 0 N–H and O–H groups in total. The van der Waals surface area contributed by atoms with Gasteiger partial charge >= 0.3 is 0 Å². The van der Waals surface area contributed by atoms with Crippen LogP contribution in [0.3, 0.4) is 0 Å². The molecule has 1 aromatic rings. The summed E-state index contributed by atoms with van der Waals surface area (Å²) in [6, 6.07) is 6.46. The summed E-state index contributed by atoms with van der Waals surface area (Å²) in [5.41, 5.74) is -0.726. The number of hydrogen-bond acceptors (Lipinski definition) is 5. The third-order valence-electron chi connectivity index (χ3n) is 6.18. The van der Waals surface area contributed by atoms with Gasteiger partial charge in [-0.25, -0.2) is 13.3 Å². The Hall–Kier alpha value is -1.99. The maximum Gasteiger partial charge on any atom is 0.240 e. The molecule has 2 unspecified atom stereocenters. The quantitative estimate of drug-likeness (QED) is 0.713. The summed E-state index contributed by atoms with van der Waals surface area (Å²) in [4.78, 5) is 27.5. The molecule has 4 atom stereocenters. The van der Waals surface area contributed by atoms with Crippen molar-refractivity contribution in [1.29, 1.82) is 0 Å². The molecule has 0 spiro atoms. The lowest BCUT2D eigenvalue weighted by molar-refractivity contribution is -0.142. The molecule has 2 bridgehead atoms. The zero-order chi connectivity index (χ0) is 17.8. The predicted octanol–water partition coefficient (Wildman–Crippen LogP) is 1.71. The van der Waals surface area contributed by atoms with Crippen molar-refractivity contribution in [3.8, 4) is 0 Å². The number of amides is 2. The average molecular weight is 359 g/mol. The second-order valence-corrected chi connectivity index (χ2v) is 9.50. The smallest absolute Gasteiger partial charge is 0.240 e. The molecule has 1 aromatic carbocycles. The van der Waals surface area contributed by atoms with Crippen molar-refractivity contribution in [3.63, 3.8) is 0 Å². The van der Waals surface area contributed by atoms with Crippen molar-refractivity contribution in [2.24, 2.45) is 11.8 Å². The van der Waals surface area contributed by atoms with E-state index in [1.54, 1.807) is 18.2 Å². The lowest BCUT2D eigenvalue weighted by atomic mass is 9.69. The number of fused-ring (bicyclic) bond motifs is 6. The fourth-order valence-electron chi connectivity index (χ4n) is 5.08. The average Bonchev–Trinajstić information content (AvgIpc) is 3.17. The summed E-state index contributed by atoms with van der Waals surface area (Å²) in [5.74, 6) is -1.79. The highest BCUT2D eigenvalue weighted by molar-refractivity contribution is 7.95. The minimum atomic E-state index is -3.64. The molecule has 2 amide bonds. The van der Waals surface area contributed by atoms with Crippen molar-refractivity contribution in [1.82, 2.24) is 4.90 Å². The molecule has 0 saturated carbocycles. The Morgan fingerprint density at radius 1 is 1.04 bits per heavy atom. The first-order chi connectivity index (χ1) is 11.7. The van der Waals surface area contributed by atoms with Crippen LogP contribution in [0.2, 0.25) is 0 Å². The normalized spacial score (nSPS) is 40.4. The van der Waals surface area contributed by atoms with Crippen LogP contribution < -0.4 is 0 Å². The van der Waals surface area contributed by atoms with Crippen LogP contribution in [-0.2, 0) is 24.2 Å². The molecule has 130 valence electrons. The van der Waals surface area contributed by atoms with Gasteiger partial charge in [-0.1, -0.05) is 18.2 Å². The fraction of sp³-hybridized carbons (Fsp3) is 0.444. The van der Waals surface area contributed by atoms with Crippen LogP contribution in [0.25, 0.3) is 5.70 Å². The summed E-state index contributed by atoms with van der Waals surface area (Å²) in [6.45, 7) is 3.76. The molecule has 3 fully saturated rings. The van der Waals surface area contributed by atoms with E-state index in [0.29, 0.717) is 5.56 Å². The highest BCUT2D eigenvalue weighted by atomic mass is 32.2. The molecule has 4 aliphatic rings. The van der Waals surface area contributed by atoms with Crippen LogP contribution in [0.5, 0.6) is 0 Å². The van der Waals surface area contributed by atoms with Gasteiger partial charge in [0.2, 0.25) is 21.7 Å². The number of carbonyl (C=O) groups is 2. The molecule has 7 heteroatoms. The standard InChI is InChI=1S/C18H17NO5S/c1-17-7-8-18(2,24-17)14-13(17)15(20)19(16(14)21)11-9-25(22,23)12-6-4-3-5-10(11)12/h3-6,9,13-14H,7-8H2,1-2H3/t13-,14+,17?,18?. The second-order valence-electron chi connectivity index (χ2n) is 7.74. The number of rotatable bonds is 1. The topological polar surface area (TPSA) is 80.8 Å². The van der Waals surface area contributed by atoms with Crippen LogP contribution in [0.4, 0.5) is 0 Å².